The molecule has 16 unspecified atom stereocenters. The number of thioether (sulfide) groups is 2. The first kappa shape index (κ1) is 61.0. The Balaban J connectivity index is 0.000000338. The number of allylic oxidation sites excluding steroid dienone is 2. The van der Waals surface area contributed by atoms with E-state index in [0.717, 1.165) is 35.7 Å². The Morgan fingerprint density at radius 1 is 0.507 bits per heavy atom. The quantitative estimate of drug-likeness (QED) is 0.0735. The van der Waals surface area contributed by atoms with Crippen molar-refractivity contribution in [3.8, 4) is 0 Å². The molecule has 0 saturated carbocycles. The molecule has 0 aromatic carbocycles. The minimum Gasteiger partial charge on any atom is -0.542 e. The number of hydrogen-bond donors (Lipinski definition) is 12. The Hall–Kier alpha value is -0.252. The summed E-state index contributed by atoms with van der Waals surface area (Å²) in [5.41, 5.74) is 1.64. The molecule has 12 heterocycles. The van der Waals surface area contributed by atoms with Crippen LogP contribution in [0.1, 0.15) is 58.3 Å². The van der Waals surface area contributed by atoms with Crippen molar-refractivity contribution < 1.29 is 110 Å². The largest absolute Gasteiger partial charge is 0.542 e. The fourth-order valence-corrected chi connectivity index (χ4v) is 10.8. The maximum atomic E-state index is 10.9. The van der Waals surface area contributed by atoms with Gasteiger partial charge in [-0.15, -0.1) is 0 Å². The van der Waals surface area contributed by atoms with Gasteiger partial charge in [-0.25, -0.2) is 0 Å². The molecule has 0 aromatic heterocycles. The van der Waals surface area contributed by atoms with Gasteiger partial charge in [-0.2, -0.15) is 30.4 Å². The summed E-state index contributed by atoms with van der Waals surface area (Å²) in [6.45, 7) is 12.3. The summed E-state index contributed by atoms with van der Waals surface area (Å²) in [6, 6.07) is 0. The summed E-state index contributed by atoms with van der Waals surface area (Å²) in [5.74, 6) is 2.09. The Kier molecular flexibility index (Phi) is 28.6. The Morgan fingerprint density at radius 2 is 0.851 bits per heavy atom. The molecule has 392 valence electrons. The van der Waals surface area contributed by atoms with Crippen LogP contribution in [0.25, 0.3) is 0 Å². The SMILES string of the molecule is C=C(CCSCC1O[C@H]2OC3C(CO)O[C@@H](OCCCCC1C(O)C2O)C(O)C3O)N[CH2-].C=C(CCSCC1O[C@H]2OC3C(CO)O[C@@H](OCCCCC1C(O)C2O)C(O)C3O)N[CH2-].[CH2-]C.[W]. The van der Waals surface area contributed by atoms with E-state index in [0.29, 0.717) is 50.0 Å². The summed E-state index contributed by atoms with van der Waals surface area (Å²) in [6.07, 6.45) is -15.1. The zero-order chi connectivity index (χ0) is 48.5. The normalized spacial score (nSPS) is 41.2. The minimum absolute atomic E-state index is 0. The van der Waals surface area contributed by atoms with Crippen LogP contribution in [0.5, 0.6) is 0 Å². The zero-order valence-electron chi connectivity index (χ0n) is 38.4. The van der Waals surface area contributed by atoms with Crippen molar-refractivity contribution in [1.29, 1.82) is 0 Å². The number of nitrogens with one attached hydrogen (secondary N) is 2. The van der Waals surface area contributed by atoms with Crippen LogP contribution in [0, 0.1) is 32.9 Å². The first-order valence-corrected chi connectivity index (χ1v) is 25.2. The molecule has 0 radical (unpaired) electrons. The monoisotopic (exact) mass is 1170 g/mol. The topological polar surface area (TPSA) is 300 Å². The van der Waals surface area contributed by atoms with Crippen LogP contribution in [-0.4, -0.2) is 211 Å². The number of hydrogen-bond acceptors (Lipinski definition) is 22. The molecule has 8 bridgehead atoms. The molecular formula is C44H77N2O18S2W-3. The fraction of sp³-hybridized carbons (Fsp3) is 0.841. The van der Waals surface area contributed by atoms with E-state index < -0.39 is 124 Å². The van der Waals surface area contributed by atoms with Crippen molar-refractivity contribution in [3.63, 3.8) is 0 Å². The summed E-state index contributed by atoms with van der Waals surface area (Å²) in [5, 5.41) is 110. The van der Waals surface area contributed by atoms with E-state index in [9.17, 15) is 51.1 Å². The van der Waals surface area contributed by atoms with Crippen LogP contribution in [0.4, 0.5) is 0 Å². The summed E-state index contributed by atoms with van der Waals surface area (Å²) in [7, 11) is 7.16. The van der Waals surface area contributed by atoms with Crippen molar-refractivity contribution in [2.45, 2.75) is 169 Å². The fourth-order valence-electron chi connectivity index (χ4n) is 8.60. The predicted molar refractivity (Wildman–Crippen MR) is 243 cm³/mol. The Morgan fingerprint density at radius 3 is 1.19 bits per heavy atom. The van der Waals surface area contributed by atoms with E-state index in [1.165, 1.54) is 0 Å². The molecule has 0 aliphatic carbocycles. The molecule has 67 heavy (non-hydrogen) atoms. The van der Waals surface area contributed by atoms with Gasteiger partial charge in [0.15, 0.2) is 25.2 Å². The predicted octanol–water partition coefficient (Wildman–Crippen LogP) is -0.978. The van der Waals surface area contributed by atoms with Crippen LogP contribution in [0.15, 0.2) is 24.6 Å². The third-order valence-electron chi connectivity index (χ3n) is 12.5. The van der Waals surface area contributed by atoms with Crippen LogP contribution in [-0.2, 0) is 59.0 Å². The Bertz CT molecular complexity index is 1300. The van der Waals surface area contributed by atoms with E-state index in [1.54, 1.807) is 30.4 Å². The van der Waals surface area contributed by atoms with Gasteiger partial charge in [0.1, 0.15) is 61.0 Å². The maximum Gasteiger partial charge on any atom is 0.186 e. The van der Waals surface area contributed by atoms with Crippen molar-refractivity contribution in [2.75, 3.05) is 49.4 Å². The molecule has 0 amide bonds. The van der Waals surface area contributed by atoms with Crippen LogP contribution >= 0.6 is 23.5 Å². The third kappa shape index (κ3) is 16.9. The Labute approximate surface area is 418 Å². The standard InChI is InChI=1S/2C21H36NO9S.C2H5.W/c2*1-11(22-2)6-8-32-10-14-12-5-3-4-7-28-20-18(27)16(25)19(13(9-23)29-20)31-21(30-14)17(26)15(12)24;1-2;/h2*12-27H,1-10H2;1H2,2H3;/q3*-1;/t2*12?,13?,14?,15?,16?,17?,18?,19?,20-,21+;;/m11../s1. The number of aliphatic hydroxyl groups is 10. The van der Waals surface area contributed by atoms with Gasteiger partial charge >= 0.3 is 0 Å². The molecule has 12 rings (SSSR count). The molecule has 12 aliphatic heterocycles. The number of ether oxygens (including phenoxy) is 8. The third-order valence-corrected chi connectivity index (χ3v) is 14.6. The second kappa shape index (κ2) is 31.4. The molecule has 12 N–H and O–H groups in total. The number of aliphatic hydroxyl groups excluding tert-OH is 10. The van der Waals surface area contributed by atoms with Gasteiger partial charge in [0, 0.05) is 57.6 Å². The van der Waals surface area contributed by atoms with E-state index in [-0.39, 0.29) is 46.1 Å². The second-order valence-corrected chi connectivity index (χ2v) is 19.2. The molecular weight excluding hydrogens is 1090 g/mol. The molecule has 12 fully saturated rings. The van der Waals surface area contributed by atoms with E-state index in [4.69, 9.17) is 37.9 Å². The molecule has 0 aromatic rings. The van der Waals surface area contributed by atoms with Crippen molar-refractivity contribution >= 4 is 23.5 Å². The van der Waals surface area contributed by atoms with E-state index >= 15 is 0 Å². The average Bonchev–Trinajstić information content (AvgIpc) is 3.32. The molecule has 23 heteroatoms. The molecule has 20 nitrogen and oxygen atoms in total. The van der Waals surface area contributed by atoms with Gasteiger partial charge in [0.25, 0.3) is 0 Å². The van der Waals surface area contributed by atoms with Gasteiger partial charge in [-0.3, -0.25) is 14.1 Å². The molecule has 12 saturated heterocycles. The van der Waals surface area contributed by atoms with Crippen LogP contribution in [0.2, 0.25) is 0 Å². The first-order chi connectivity index (χ1) is 31.7. The van der Waals surface area contributed by atoms with Gasteiger partial charge in [0.05, 0.1) is 37.6 Å². The van der Waals surface area contributed by atoms with E-state index in [2.05, 4.69) is 44.8 Å². The smallest absolute Gasteiger partial charge is 0.186 e. The molecule has 12 aliphatic rings. The number of rotatable bonds is 14. The van der Waals surface area contributed by atoms with Crippen molar-refractivity contribution in [2.24, 2.45) is 11.8 Å². The van der Waals surface area contributed by atoms with E-state index in [1.807, 2.05) is 0 Å². The van der Waals surface area contributed by atoms with Gasteiger partial charge in [-0.05, 0) is 61.4 Å². The van der Waals surface area contributed by atoms with Crippen molar-refractivity contribution in [1.82, 2.24) is 10.6 Å². The van der Waals surface area contributed by atoms with Crippen LogP contribution in [0.3, 0.4) is 0 Å². The zero-order valence-corrected chi connectivity index (χ0v) is 42.9. The molecule has 0 spiro atoms. The summed E-state index contributed by atoms with van der Waals surface area (Å²) >= 11 is 3.26. The first-order valence-electron chi connectivity index (χ1n) is 22.8. The average molecular weight is 1170 g/mol. The second-order valence-electron chi connectivity index (χ2n) is 16.9. The van der Waals surface area contributed by atoms with Gasteiger partial charge in [0.2, 0.25) is 0 Å². The van der Waals surface area contributed by atoms with Gasteiger partial charge < -0.3 is 107 Å². The summed E-state index contributed by atoms with van der Waals surface area (Å²) < 4.78 is 46.1. The maximum absolute atomic E-state index is 10.9. The minimum atomic E-state index is -1.44. The summed E-state index contributed by atoms with van der Waals surface area (Å²) in [4.78, 5) is 0. The van der Waals surface area contributed by atoms with Gasteiger partial charge in [-0.1, -0.05) is 26.0 Å². The van der Waals surface area contributed by atoms with Crippen molar-refractivity contribution in [3.05, 3.63) is 45.6 Å². The molecule has 20 atom stereocenters. The van der Waals surface area contributed by atoms with Crippen LogP contribution < -0.4 is 10.6 Å².